The maximum absolute atomic E-state index is 12.1. The highest BCUT2D eigenvalue weighted by Gasteiger charge is 2.27. The van der Waals surface area contributed by atoms with E-state index in [4.69, 9.17) is 10.5 Å². The van der Waals surface area contributed by atoms with Gasteiger partial charge in [0.2, 0.25) is 0 Å². The lowest BCUT2D eigenvalue weighted by Crippen LogP contribution is -2.39. The highest BCUT2D eigenvalue weighted by atomic mass is 32.1. The second-order valence-electron chi connectivity index (χ2n) is 6.02. The number of nitrogens with zero attached hydrogens (tertiary/aromatic N) is 2. The average molecular weight is 297 g/mol. The molecule has 2 heterocycles. The first kappa shape index (κ1) is 15.3. The summed E-state index contributed by atoms with van der Waals surface area (Å²) >= 11 is 1.70. The second-order valence-corrected chi connectivity index (χ2v) is 7.19. The van der Waals surface area contributed by atoms with Gasteiger partial charge in [-0.3, -0.25) is 0 Å². The summed E-state index contributed by atoms with van der Waals surface area (Å²) in [5.41, 5.74) is 6.22. The van der Waals surface area contributed by atoms with Crippen LogP contribution in [0.4, 0.5) is 4.79 Å². The van der Waals surface area contributed by atoms with Gasteiger partial charge < -0.3 is 15.4 Å². The van der Waals surface area contributed by atoms with Crippen molar-refractivity contribution in [3.05, 3.63) is 15.6 Å². The molecule has 0 spiro atoms. The van der Waals surface area contributed by atoms with Crippen LogP contribution in [0.1, 0.15) is 42.8 Å². The van der Waals surface area contributed by atoms with Crippen LogP contribution in [0, 0.1) is 0 Å². The fraction of sp³-hybridized carbons (Fsp3) is 0.714. The van der Waals surface area contributed by atoms with E-state index in [1.165, 1.54) is 4.88 Å². The van der Waals surface area contributed by atoms with Gasteiger partial charge in [0.1, 0.15) is 5.60 Å². The van der Waals surface area contributed by atoms with E-state index >= 15 is 0 Å². The number of hydrogen-bond donors (Lipinski definition) is 1. The number of amides is 1. The Morgan fingerprint density at radius 3 is 2.90 bits per heavy atom. The van der Waals surface area contributed by atoms with Gasteiger partial charge in [-0.25, -0.2) is 9.78 Å². The molecule has 1 aliphatic heterocycles. The maximum atomic E-state index is 12.1. The molecule has 0 saturated heterocycles. The van der Waals surface area contributed by atoms with Crippen LogP contribution in [-0.4, -0.2) is 34.7 Å². The van der Waals surface area contributed by atoms with Crippen molar-refractivity contribution >= 4 is 17.4 Å². The summed E-state index contributed by atoms with van der Waals surface area (Å²) in [4.78, 5) is 19.7. The Morgan fingerprint density at radius 1 is 1.50 bits per heavy atom. The summed E-state index contributed by atoms with van der Waals surface area (Å²) in [5, 5.41) is 1.13. The molecule has 1 amide bonds. The molecule has 0 bridgehead atoms. The zero-order valence-corrected chi connectivity index (χ0v) is 13.3. The molecule has 112 valence electrons. The van der Waals surface area contributed by atoms with Gasteiger partial charge in [0.25, 0.3) is 0 Å². The number of rotatable bonds is 3. The zero-order chi connectivity index (χ0) is 14.8. The third-order valence-corrected chi connectivity index (χ3v) is 4.16. The van der Waals surface area contributed by atoms with Gasteiger partial charge in [-0.15, -0.1) is 11.3 Å². The summed E-state index contributed by atoms with van der Waals surface area (Å²) in [5.74, 6) is 0. The molecular weight excluding hydrogens is 274 g/mol. The van der Waals surface area contributed by atoms with E-state index in [0.717, 1.165) is 30.0 Å². The predicted molar refractivity (Wildman–Crippen MR) is 79.8 cm³/mol. The molecule has 2 rings (SSSR count). The number of fused-ring (bicyclic) bond motifs is 1. The van der Waals surface area contributed by atoms with Crippen molar-refractivity contribution in [3.8, 4) is 0 Å². The molecule has 2 N–H and O–H groups in total. The minimum atomic E-state index is -0.447. The van der Waals surface area contributed by atoms with E-state index in [1.807, 2.05) is 20.8 Å². The zero-order valence-electron chi connectivity index (χ0n) is 12.4. The van der Waals surface area contributed by atoms with Crippen LogP contribution in [0.5, 0.6) is 0 Å². The minimum absolute atomic E-state index is 0.236. The van der Waals surface area contributed by atoms with E-state index in [0.29, 0.717) is 19.6 Å². The Labute approximate surface area is 124 Å². The molecule has 1 aromatic heterocycles. The van der Waals surface area contributed by atoms with Crippen LogP contribution in [0.25, 0.3) is 0 Å². The molecule has 0 aliphatic carbocycles. The smallest absolute Gasteiger partial charge is 0.410 e. The molecular formula is C14H23N3O2S. The molecule has 0 saturated carbocycles. The normalized spacial score (nSPS) is 15.1. The lowest BCUT2D eigenvalue weighted by Gasteiger charge is -2.29. The molecule has 0 unspecified atom stereocenters. The van der Waals surface area contributed by atoms with Crippen molar-refractivity contribution in [2.24, 2.45) is 5.73 Å². The van der Waals surface area contributed by atoms with Crippen LogP contribution in [0.3, 0.4) is 0 Å². The van der Waals surface area contributed by atoms with Crippen molar-refractivity contribution in [2.45, 2.75) is 52.2 Å². The predicted octanol–water partition coefficient (Wildman–Crippen LogP) is 2.33. The number of hydrogen-bond acceptors (Lipinski definition) is 5. The van der Waals surface area contributed by atoms with Gasteiger partial charge in [-0.1, -0.05) is 0 Å². The lowest BCUT2D eigenvalue weighted by molar-refractivity contribution is 0.0225. The minimum Gasteiger partial charge on any atom is -0.444 e. The van der Waals surface area contributed by atoms with Crippen LogP contribution in [0.15, 0.2) is 0 Å². The Kier molecular flexibility index (Phi) is 4.65. The van der Waals surface area contributed by atoms with Crippen LogP contribution in [0.2, 0.25) is 0 Å². The summed E-state index contributed by atoms with van der Waals surface area (Å²) in [7, 11) is 0. The topological polar surface area (TPSA) is 68.5 Å². The molecule has 0 atom stereocenters. The largest absolute Gasteiger partial charge is 0.444 e. The molecule has 5 nitrogen and oxygen atoms in total. The van der Waals surface area contributed by atoms with Crippen molar-refractivity contribution in [3.63, 3.8) is 0 Å². The Morgan fingerprint density at radius 2 is 2.25 bits per heavy atom. The van der Waals surface area contributed by atoms with Crippen molar-refractivity contribution < 1.29 is 9.53 Å². The first-order chi connectivity index (χ1) is 9.39. The van der Waals surface area contributed by atoms with Gasteiger partial charge in [-0.2, -0.15) is 0 Å². The number of thiazole rings is 1. The number of ether oxygens (including phenoxy) is 1. The van der Waals surface area contributed by atoms with Gasteiger partial charge in [0.05, 0.1) is 17.2 Å². The third kappa shape index (κ3) is 3.93. The quantitative estimate of drug-likeness (QED) is 0.929. The van der Waals surface area contributed by atoms with Crippen molar-refractivity contribution in [2.75, 3.05) is 13.1 Å². The van der Waals surface area contributed by atoms with Gasteiger partial charge in [0.15, 0.2) is 0 Å². The number of aryl methyl sites for hydroxylation is 1. The van der Waals surface area contributed by atoms with E-state index < -0.39 is 5.60 Å². The lowest BCUT2D eigenvalue weighted by atomic mass is 10.2. The van der Waals surface area contributed by atoms with Gasteiger partial charge in [0, 0.05) is 24.3 Å². The molecule has 1 aromatic rings. The Balaban J connectivity index is 1.99. The fourth-order valence-corrected chi connectivity index (χ4v) is 3.26. The third-order valence-electron chi connectivity index (χ3n) is 3.02. The standard InChI is InChI=1S/C14H23N3O2S/c1-14(2,3)19-13(18)17-8-6-10-11(9-17)20-12(16-10)5-4-7-15/h4-9,15H2,1-3H3. The average Bonchev–Trinajstić information content (AvgIpc) is 2.75. The van der Waals surface area contributed by atoms with E-state index in [9.17, 15) is 4.79 Å². The highest BCUT2D eigenvalue weighted by Crippen LogP contribution is 2.26. The number of carbonyl (C=O) groups excluding carboxylic acids is 1. The maximum Gasteiger partial charge on any atom is 0.410 e. The Hall–Kier alpha value is -1.14. The number of aromatic nitrogens is 1. The molecule has 0 radical (unpaired) electrons. The molecule has 20 heavy (non-hydrogen) atoms. The molecule has 1 aliphatic rings. The summed E-state index contributed by atoms with van der Waals surface area (Å²) < 4.78 is 5.42. The Bertz CT molecular complexity index is 479. The van der Waals surface area contributed by atoms with Crippen LogP contribution < -0.4 is 5.73 Å². The first-order valence-electron chi connectivity index (χ1n) is 7.04. The van der Waals surface area contributed by atoms with Crippen molar-refractivity contribution in [1.82, 2.24) is 9.88 Å². The van der Waals surface area contributed by atoms with Crippen LogP contribution in [-0.2, 0) is 24.1 Å². The molecule has 0 fully saturated rings. The monoisotopic (exact) mass is 297 g/mol. The number of nitrogens with two attached hydrogens (primary N) is 1. The van der Waals surface area contributed by atoms with Gasteiger partial charge in [-0.05, 0) is 33.7 Å². The van der Waals surface area contributed by atoms with E-state index in [1.54, 1.807) is 16.2 Å². The summed E-state index contributed by atoms with van der Waals surface area (Å²) in [6.45, 7) is 7.65. The molecule has 6 heteroatoms. The molecule has 0 aromatic carbocycles. The van der Waals surface area contributed by atoms with Crippen molar-refractivity contribution in [1.29, 1.82) is 0 Å². The highest BCUT2D eigenvalue weighted by molar-refractivity contribution is 7.11. The fourth-order valence-electron chi connectivity index (χ4n) is 2.09. The van der Waals surface area contributed by atoms with E-state index in [2.05, 4.69) is 4.98 Å². The second kappa shape index (κ2) is 6.10. The summed E-state index contributed by atoms with van der Waals surface area (Å²) in [6.07, 6.45) is 2.47. The van der Waals surface area contributed by atoms with Crippen LogP contribution >= 0.6 is 11.3 Å². The van der Waals surface area contributed by atoms with Gasteiger partial charge >= 0.3 is 6.09 Å². The number of carbonyl (C=O) groups is 1. The first-order valence-corrected chi connectivity index (χ1v) is 7.86. The van der Waals surface area contributed by atoms with E-state index in [-0.39, 0.29) is 6.09 Å². The SMILES string of the molecule is CC(C)(C)OC(=O)N1CCc2nc(CCCN)sc2C1. The summed E-state index contributed by atoms with van der Waals surface area (Å²) in [6, 6.07) is 0.